The minimum absolute atomic E-state index is 0.385. The molecular weight excluding hydrogens is 234 g/mol. The van der Waals surface area contributed by atoms with Crippen molar-refractivity contribution in [2.75, 3.05) is 18.5 Å². The average molecular weight is 261 g/mol. The second-order valence-electron chi connectivity index (χ2n) is 5.51. The van der Waals surface area contributed by atoms with Crippen LogP contribution in [0.25, 0.3) is 0 Å². The van der Waals surface area contributed by atoms with Gasteiger partial charge in [0.15, 0.2) is 0 Å². The van der Waals surface area contributed by atoms with Crippen LogP contribution in [-0.4, -0.2) is 24.6 Å². The molecule has 19 heavy (non-hydrogen) atoms. The number of hydrogen-bond donors (Lipinski definition) is 1. The van der Waals surface area contributed by atoms with Crippen molar-refractivity contribution in [3.8, 4) is 0 Å². The van der Waals surface area contributed by atoms with Crippen molar-refractivity contribution >= 4 is 5.69 Å². The van der Waals surface area contributed by atoms with Crippen LogP contribution in [0.2, 0.25) is 0 Å². The minimum atomic E-state index is 0.385. The van der Waals surface area contributed by atoms with Gasteiger partial charge in [0.25, 0.3) is 0 Å². The molecule has 1 fully saturated rings. The highest BCUT2D eigenvalue weighted by Crippen LogP contribution is 2.27. The van der Waals surface area contributed by atoms with E-state index in [-0.39, 0.29) is 0 Å². The minimum Gasteiger partial charge on any atom is -0.370 e. The molecule has 0 radical (unpaired) electrons. The molecule has 0 aromatic carbocycles. The molecule has 1 atom stereocenters. The maximum absolute atomic E-state index is 4.66. The first-order chi connectivity index (χ1) is 9.26. The lowest BCUT2D eigenvalue weighted by atomic mass is 10.1. The zero-order valence-corrected chi connectivity index (χ0v) is 12.5. The normalized spacial score (nSPS) is 17.6. The van der Waals surface area contributed by atoms with Gasteiger partial charge >= 0.3 is 0 Å². The fourth-order valence-corrected chi connectivity index (χ4v) is 3.02. The standard InChI is InChI=1S/C16H27N3/c1-4-15(17-5-2)16-11-10-14(12-18-16)19(3)13-8-6-7-9-13/h10-13,15,17H,4-9H2,1-3H3. The van der Waals surface area contributed by atoms with E-state index in [1.807, 2.05) is 6.20 Å². The molecule has 1 aromatic heterocycles. The van der Waals surface area contributed by atoms with Crippen molar-refractivity contribution in [2.24, 2.45) is 0 Å². The van der Waals surface area contributed by atoms with Gasteiger partial charge in [0.2, 0.25) is 0 Å². The van der Waals surface area contributed by atoms with E-state index in [1.54, 1.807) is 0 Å². The van der Waals surface area contributed by atoms with Crippen LogP contribution in [0.5, 0.6) is 0 Å². The first kappa shape index (κ1) is 14.3. The fourth-order valence-electron chi connectivity index (χ4n) is 3.02. The molecule has 106 valence electrons. The topological polar surface area (TPSA) is 28.2 Å². The van der Waals surface area contributed by atoms with Crippen molar-refractivity contribution in [3.05, 3.63) is 24.0 Å². The zero-order valence-electron chi connectivity index (χ0n) is 12.5. The highest BCUT2D eigenvalue weighted by Gasteiger charge is 2.20. The Labute approximate surface area is 117 Å². The Balaban J connectivity index is 2.04. The summed E-state index contributed by atoms with van der Waals surface area (Å²) in [5.74, 6) is 0. The van der Waals surface area contributed by atoms with Crippen molar-refractivity contribution in [1.82, 2.24) is 10.3 Å². The highest BCUT2D eigenvalue weighted by atomic mass is 15.1. The third kappa shape index (κ3) is 3.47. The summed E-state index contributed by atoms with van der Waals surface area (Å²) >= 11 is 0. The Morgan fingerprint density at radius 2 is 2.05 bits per heavy atom. The number of pyridine rings is 1. The van der Waals surface area contributed by atoms with Crippen LogP contribution in [0.4, 0.5) is 5.69 Å². The number of nitrogens with zero attached hydrogens (tertiary/aromatic N) is 2. The van der Waals surface area contributed by atoms with Gasteiger partial charge in [0.1, 0.15) is 0 Å². The molecular formula is C16H27N3. The number of anilines is 1. The predicted molar refractivity (Wildman–Crippen MR) is 81.6 cm³/mol. The van der Waals surface area contributed by atoms with Gasteiger partial charge in [-0.2, -0.15) is 0 Å². The third-order valence-corrected chi connectivity index (χ3v) is 4.27. The van der Waals surface area contributed by atoms with Crippen molar-refractivity contribution in [2.45, 2.75) is 58.0 Å². The number of nitrogens with one attached hydrogen (secondary N) is 1. The van der Waals surface area contributed by atoms with E-state index >= 15 is 0 Å². The Hall–Kier alpha value is -1.09. The second-order valence-corrected chi connectivity index (χ2v) is 5.51. The summed E-state index contributed by atoms with van der Waals surface area (Å²) in [5.41, 5.74) is 2.41. The number of rotatable bonds is 6. The van der Waals surface area contributed by atoms with Crippen LogP contribution in [-0.2, 0) is 0 Å². The van der Waals surface area contributed by atoms with Crippen LogP contribution in [0.3, 0.4) is 0 Å². The molecule has 1 aliphatic carbocycles. The summed E-state index contributed by atoms with van der Waals surface area (Å²) in [6, 6.07) is 5.50. The largest absolute Gasteiger partial charge is 0.370 e. The van der Waals surface area contributed by atoms with E-state index in [0.29, 0.717) is 12.1 Å². The summed E-state index contributed by atoms with van der Waals surface area (Å²) in [7, 11) is 2.20. The van der Waals surface area contributed by atoms with Gasteiger partial charge in [0, 0.05) is 19.1 Å². The predicted octanol–water partition coefficient (Wildman–Crippen LogP) is 3.52. The molecule has 1 aliphatic rings. The lowest BCUT2D eigenvalue weighted by molar-refractivity contribution is 0.524. The monoisotopic (exact) mass is 261 g/mol. The van der Waals surface area contributed by atoms with E-state index < -0.39 is 0 Å². The second kappa shape index (κ2) is 6.90. The lowest BCUT2D eigenvalue weighted by Crippen LogP contribution is -2.29. The Bertz CT molecular complexity index is 368. The van der Waals surface area contributed by atoms with Crippen molar-refractivity contribution in [1.29, 1.82) is 0 Å². The Morgan fingerprint density at radius 1 is 1.32 bits per heavy atom. The number of hydrogen-bond acceptors (Lipinski definition) is 3. The summed E-state index contributed by atoms with van der Waals surface area (Å²) < 4.78 is 0. The summed E-state index contributed by atoms with van der Waals surface area (Å²) in [5, 5.41) is 3.48. The van der Waals surface area contributed by atoms with Crippen LogP contribution in [0, 0.1) is 0 Å². The highest BCUT2D eigenvalue weighted by molar-refractivity contribution is 5.45. The third-order valence-electron chi connectivity index (χ3n) is 4.27. The summed E-state index contributed by atoms with van der Waals surface area (Å²) in [6.45, 7) is 5.34. The molecule has 3 heteroatoms. The fraction of sp³-hybridized carbons (Fsp3) is 0.688. The smallest absolute Gasteiger partial charge is 0.0574 e. The van der Waals surface area contributed by atoms with Crippen LogP contribution in [0.1, 0.15) is 57.7 Å². The summed E-state index contributed by atoms with van der Waals surface area (Å²) in [6.07, 6.45) is 8.52. The van der Waals surface area contributed by atoms with E-state index in [2.05, 4.69) is 48.2 Å². The molecule has 0 bridgehead atoms. The molecule has 0 spiro atoms. The zero-order chi connectivity index (χ0) is 13.7. The van der Waals surface area contributed by atoms with Gasteiger partial charge in [0.05, 0.1) is 17.6 Å². The van der Waals surface area contributed by atoms with Crippen LogP contribution < -0.4 is 10.2 Å². The maximum atomic E-state index is 4.66. The van der Waals surface area contributed by atoms with Gasteiger partial charge in [-0.1, -0.05) is 26.7 Å². The molecule has 1 heterocycles. The SMILES string of the molecule is CCNC(CC)c1ccc(N(C)C2CCCC2)cn1. The molecule has 1 N–H and O–H groups in total. The van der Waals surface area contributed by atoms with Gasteiger partial charge in [-0.25, -0.2) is 0 Å². The molecule has 0 aliphatic heterocycles. The molecule has 1 aromatic rings. The van der Waals surface area contributed by atoms with E-state index in [9.17, 15) is 0 Å². The molecule has 3 nitrogen and oxygen atoms in total. The Morgan fingerprint density at radius 3 is 2.58 bits per heavy atom. The molecule has 2 rings (SSSR count). The molecule has 1 unspecified atom stereocenters. The maximum Gasteiger partial charge on any atom is 0.0574 e. The molecule has 0 amide bonds. The van der Waals surface area contributed by atoms with Gasteiger partial charge in [-0.3, -0.25) is 4.98 Å². The van der Waals surface area contributed by atoms with Crippen LogP contribution >= 0.6 is 0 Å². The van der Waals surface area contributed by atoms with E-state index in [4.69, 9.17) is 0 Å². The van der Waals surface area contributed by atoms with E-state index in [1.165, 1.54) is 31.4 Å². The molecule has 1 saturated carbocycles. The quantitative estimate of drug-likeness (QED) is 0.849. The first-order valence-electron chi connectivity index (χ1n) is 7.68. The average Bonchev–Trinajstić information content (AvgIpc) is 2.98. The van der Waals surface area contributed by atoms with Crippen molar-refractivity contribution in [3.63, 3.8) is 0 Å². The molecule has 0 saturated heterocycles. The summed E-state index contributed by atoms with van der Waals surface area (Å²) in [4.78, 5) is 7.06. The van der Waals surface area contributed by atoms with Gasteiger partial charge < -0.3 is 10.2 Å². The van der Waals surface area contributed by atoms with Gasteiger partial charge in [-0.05, 0) is 37.9 Å². The Kier molecular flexibility index (Phi) is 5.20. The van der Waals surface area contributed by atoms with Gasteiger partial charge in [-0.15, -0.1) is 0 Å². The first-order valence-corrected chi connectivity index (χ1v) is 7.68. The van der Waals surface area contributed by atoms with E-state index in [0.717, 1.165) is 18.7 Å². The van der Waals surface area contributed by atoms with Crippen LogP contribution in [0.15, 0.2) is 18.3 Å². The lowest BCUT2D eigenvalue weighted by Gasteiger charge is -2.26. The number of aromatic nitrogens is 1. The van der Waals surface area contributed by atoms with Crippen molar-refractivity contribution < 1.29 is 0 Å².